The topological polar surface area (TPSA) is 56.8 Å². The fourth-order valence-corrected chi connectivity index (χ4v) is 2.46. The average molecular weight is 259 g/mol. The number of methoxy groups -OCH3 is 2. The molecular formula is C13H25NO4. The van der Waals surface area contributed by atoms with Gasteiger partial charge in [-0.15, -0.1) is 0 Å². The second-order valence-electron chi connectivity index (χ2n) is 4.73. The smallest absolute Gasteiger partial charge is 0.326 e. The zero-order valence-corrected chi connectivity index (χ0v) is 11.7. The van der Waals surface area contributed by atoms with Crippen molar-refractivity contribution in [2.24, 2.45) is 0 Å². The molecule has 0 radical (unpaired) electrons. The molecule has 1 aliphatic heterocycles. The molecule has 0 saturated carbocycles. The predicted molar refractivity (Wildman–Crippen MR) is 68.5 cm³/mol. The van der Waals surface area contributed by atoms with Crippen molar-refractivity contribution < 1.29 is 19.0 Å². The zero-order valence-electron chi connectivity index (χ0n) is 11.7. The first-order valence-corrected chi connectivity index (χ1v) is 6.62. The highest BCUT2D eigenvalue weighted by Gasteiger charge is 2.43. The fourth-order valence-electron chi connectivity index (χ4n) is 2.46. The Balaban J connectivity index is 2.66. The van der Waals surface area contributed by atoms with Crippen molar-refractivity contribution in [2.75, 3.05) is 34.0 Å². The summed E-state index contributed by atoms with van der Waals surface area (Å²) in [6, 6.07) is 0. The molecule has 0 bridgehead atoms. The molecule has 0 amide bonds. The van der Waals surface area contributed by atoms with Crippen LogP contribution in [0, 0.1) is 0 Å². The quantitative estimate of drug-likeness (QED) is 0.548. The van der Waals surface area contributed by atoms with E-state index in [-0.39, 0.29) is 12.1 Å². The van der Waals surface area contributed by atoms with Crippen LogP contribution in [0.4, 0.5) is 0 Å². The molecule has 1 aliphatic rings. The summed E-state index contributed by atoms with van der Waals surface area (Å²) in [7, 11) is 3.09. The molecule has 5 heteroatoms. The largest absolute Gasteiger partial charge is 0.468 e. The third kappa shape index (κ3) is 3.93. The highest BCUT2D eigenvalue weighted by atomic mass is 16.5. The predicted octanol–water partition coefficient (Wildman–Crippen LogP) is 1.11. The minimum Gasteiger partial charge on any atom is -0.468 e. The van der Waals surface area contributed by atoms with E-state index in [4.69, 9.17) is 14.2 Å². The average Bonchev–Trinajstić information content (AvgIpc) is 2.39. The van der Waals surface area contributed by atoms with Gasteiger partial charge < -0.3 is 14.2 Å². The van der Waals surface area contributed by atoms with Gasteiger partial charge in [0.1, 0.15) is 5.54 Å². The van der Waals surface area contributed by atoms with Crippen LogP contribution in [0.25, 0.3) is 0 Å². The van der Waals surface area contributed by atoms with Crippen LogP contribution in [-0.4, -0.2) is 51.6 Å². The minimum absolute atomic E-state index is 0.137. The van der Waals surface area contributed by atoms with Gasteiger partial charge in [0.15, 0.2) is 0 Å². The van der Waals surface area contributed by atoms with Gasteiger partial charge in [0.05, 0.1) is 19.8 Å². The van der Waals surface area contributed by atoms with E-state index in [1.165, 1.54) is 7.11 Å². The lowest BCUT2D eigenvalue weighted by molar-refractivity contribution is -0.156. The van der Waals surface area contributed by atoms with Crippen LogP contribution in [0.15, 0.2) is 0 Å². The molecule has 5 nitrogen and oxygen atoms in total. The van der Waals surface area contributed by atoms with Gasteiger partial charge in [0.25, 0.3) is 0 Å². The summed E-state index contributed by atoms with van der Waals surface area (Å²) in [4.78, 5) is 12.1. The van der Waals surface area contributed by atoms with E-state index in [1.54, 1.807) is 7.11 Å². The molecule has 0 aromatic carbocycles. The standard InChI is InChI=1S/C13H25NO4/c1-4-5-11-10-13(6-8-18-11,12(15)17-3)14-7-9-16-2/h11,14H,4-10H2,1-3H3. The molecule has 0 aromatic rings. The molecule has 2 atom stereocenters. The van der Waals surface area contributed by atoms with Crippen molar-refractivity contribution in [1.29, 1.82) is 0 Å². The molecule has 1 rings (SSSR count). The molecular weight excluding hydrogens is 234 g/mol. The minimum atomic E-state index is -0.606. The molecule has 1 heterocycles. The number of esters is 1. The molecule has 1 saturated heterocycles. The molecule has 2 unspecified atom stereocenters. The van der Waals surface area contributed by atoms with E-state index in [0.717, 1.165) is 12.8 Å². The van der Waals surface area contributed by atoms with Crippen LogP contribution in [0.2, 0.25) is 0 Å². The van der Waals surface area contributed by atoms with E-state index in [9.17, 15) is 4.79 Å². The highest BCUT2D eigenvalue weighted by Crippen LogP contribution is 2.28. The second kappa shape index (κ2) is 7.71. The van der Waals surface area contributed by atoms with Crippen molar-refractivity contribution in [3.8, 4) is 0 Å². The Morgan fingerprint density at radius 1 is 1.50 bits per heavy atom. The van der Waals surface area contributed by atoms with E-state index >= 15 is 0 Å². The number of hydrogen-bond donors (Lipinski definition) is 1. The third-order valence-electron chi connectivity index (χ3n) is 3.41. The first-order valence-electron chi connectivity index (χ1n) is 6.62. The number of hydrogen-bond acceptors (Lipinski definition) is 5. The number of carbonyl (C=O) groups is 1. The lowest BCUT2D eigenvalue weighted by Gasteiger charge is -2.39. The van der Waals surface area contributed by atoms with Crippen molar-refractivity contribution >= 4 is 5.97 Å². The molecule has 18 heavy (non-hydrogen) atoms. The van der Waals surface area contributed by atoms with Crippen molar-refractivity contribution in [3.05, 3.63) is 0 Å². The second-order valence-corrected chi connectivity index (χ2v) is 4.73. The maximum Gasteiger partial charge on any atom is 0.326 e. The van der Waals surface area contributed by atoms with Crippen LogP contribution >= 0.6 is 0 Å². The Hall–Kier alpha value is -0.650. The number of ether oxygens (including phenoxy) is 3. The Labute approximate surface area is 109 Å². The third-order valence-corrected chi connectivity index (χ3v) is 3.41. The normalized spacial score (nSPS) is 28.1. The Morgan fingerprint density at radius 2 is 2.28 bits per heavy atom. The van der Waals surface area contributed by atoms with Crippen LogP contribution in [0.3, 0.4) is 0 Å². The fraction of sp³-hybridized carbons (Fsp3) is 0.923. The van der Waals surface area contributed by atoms with Gasteiger partial charge in [-0.3, -0.25) is 10.1 Å². The van der Waals surface area contributed by atoms with Crippen molar-refractivity contribution in [2.45, 2.75) is 44.2 Å². The van der Waals surface area contributed by atoms with Gasteiger partial charge in [-0.25, -0.2) is 0 Å². The molecule has 0 aliphatic carbocycles. The monoisotopic (exact) mass is 259 g/mol. The van der Waals surface area contributed by atoms with E-state index in [2.05, 4.69) is 12.2 Å². The molecule has 0 aromatic heterocycles. The van der Waals surface area contributed by atoms with Gasteiger partial charge in [-0.1, -0.05) is 13.3 Å². The summed E-state index contributed by atoms with van der Waals surface area (Å²) >= 11 is 0. The van der Waals surface area contributed by atoms with Crippen molar-refractivity contribution in [1.82, 2.24) is 5.32 Å². The number of rotatable bonds is 7. The van der Waals surface area contributed by atoms with Gasteiger partial charge >= 0.3 is 5.97 Å². The number of nitrogens with one attached hydrogen (secondary N) is 1. The van der Waals surface area contributed by atoms with Gasteiger partial charge in [-0.2, -0.15) is 0 Å². The summed E-state index contributed by atoms with van der Waals surface area (Å²) in [6.45, 7) is 3.94. The first-order chi connectivity index (χ1) is 8.68. The molecule has 1 fully saturated rings. The Kier molecular flexibility index (Phi) is 6.60. The maximum atomic E-state index is 12.1. The van der Waals surface area contributed by atoms with Crippen LogP contribution in [0.1, 0.15) is 32.6 Å². The SMILES string of the molecule is CCCC1CC(NCCOC)(C(=O)OC)CCO1. The van der Waals surface area contributed by atoms with Crippen LogP contribution in [-0.2, 0) is 19.0 Å². The van der Waals surface area contributed by atoms with Crippen LogP contribution in [0.5, 0.6) is 0 Å². The van der Waals surface area contributed by atoms with Gasteiger partial charge in [-0.05, 0) is 12.8 Å². The summed E-state index contributed by atoms with van der Waals surface area (Å²) in [5.74, 6) is -0.192. The summed E-state index contributed by atoms with van der Waals surface area (Å²) in [6.07, 6.45) is 3.50. The Morgan fingerprint density at radius 3 is 2.89 bits per heavy atom. The van der Waals surface area contributed by atoms with Gasteiger partial charge in [0.2, 0.25) is 0 Å². The first kappa shape index (κ1) is 15.4. The highest BCUT2D eigenvalue weighted by molar-refractivity contribution is 5.81. The van der Waals surface area contributed by atoms with E-state index in [1.807, 2.05) is 0 Å². The van der Waals surface area contributed by atoms with Crippen molar-refractivity contribution in [3.63, 3.8) is 0 Å². The lowest BCUT2D eigenvalue weighted by atomic mass is 9.85. The van der Waals surface area contributed by atoms with E-state index < -0.39 is 5.54 Å². The number of carbonyl (C=O) groups excluding carboxylic acids is 1. The molecule has 0 spiro atoms. The van der Waals surface area contributed by atoms with Crippen LogP contribution < -0.4 is 5.32 Å². The summed E-state index contributed by atoms with van der Waals surface area (Å²) in [5, 5.41) is 3.30. The summed E-state index contributed by atoms with van der Waals surface area (Å²) < 4.78 is 15.7. The van der Waals surface area contributed by atoms with E-state index in [0.29, 0.717) is 32.6 Å². The maximum absolute atomic E-state index is 12.1. The lowest BCUT2D eigenvalue weighted by Crippen LogP contribution is -2.58. The van der Waals surface area contributed by atoms with Gasteiger partial charge in [0, 0.05) is 26.7 Å². The molecule has 1 N–H and O–H groups in total. The zero-order chi connectivity index (χ0) is 13.4. The molecule has 106 valence electrons. The summed E-state index contributed by atoms with van der Waals surface area (Å²) in [5.41, 5.74) is -0.606. The Bertz CT molecular complexity index is 257.